The molecule has 96 valence electrons. The van der Waals surface area contributed by atoms with Crippen molar-refractivity contribution in [3.05, 3.63) is 42.2 Å². The minimum atomic E-state index is -0.210. The maximum absolute atomic E-state index is 12.1. The highest BCUT2D eigenvalue weighted by Crippen LogP contribution is 2.25. The first-order valence-electron chi connectivity index (χ1n) is 5.72. The Morgan fingerprint density at radius 3 is 2.89 bits per heavy atom. The SMILES string of the molecule is Cn1cc(N)cc1C(=O)Nc1nc2ccccc2s1. The van der Waals surface area contributed by atoms with Crippen LogP contribution < -0.4 is 11.1 Å². The van der Waals surface area contributed by atoms with Gasteiger partial charge in [-0.2, -0.15) is 0 Å². The van der Waals surface area contributed by atoms with Crippen LogP contribution in [-0.2, 0) is 7.05 Å². The summed E-state index contributed by atoms with van der Waals surface area (Å²) in [5.74, 6) is -0.210. The van der Waals surface area contributed by atoms with Crippen molar-refractivity contribution in [2.75, 3.05) is 11.1 Å². The summed E-state index contributed by atoms with van der Waals surface area (Å²) in [5, 5.41) is 3.38. The molecule has 0 unspecified atom stereocenters. The summed E-state index contributed by atoms with van der Waals surface area (Å²) in [7, 11) is 1.78. The number of nitrogens with zero attached hydrogens (tertiary/aromatic N) is 2. The van der Waals surface area contributed by atoms with Crippen LogP contribution in [0.15, 0.2) is 36.5 Å². The van der Waals surface area contributed by atoms with E-state index in [0.29, 0.717) is 16.5 Å². The molecule has 3 N–H and O–H groups in total. The van der Waals surface area contributed by atoms with Crippen molar-refractivity contribution in [1.29, 1.82) is 0 Å². The Morgan fingerprint density at radius 1 is 1.42 bits per heavy atom. The molecule has 1 aromatic carbocycles. The van der Waals surface area contributed by atoms with E-state index in [2.05, 4.69) is 10.3 Å². The first kappa shape index (κ1) is 11.7. The Hall–Kier alpha value is -2.34. The van der Waals surface area contributed by atoms with Crippen molar-refractivity contribution >= 4 is 38.3 Å². The van der Waals surface area contributed by atoms with Crippen molar-refractivity contribution < 1.29 is 4.79 Å². The Bertz CT molecular complexity index is 726. The van der Waals surface area contributed by atoms with Crippen LogP contribution >= 0.6 is 11.3 Å². The number of hydrogen-bond acceptors (Lipinski definition) is 4. The van der Waals surface area contributed by atoms with Gasteiger partial charge in [0.05, 0.1) is 15.9 Å². The second-order valence-electron chi connectivity index (χ2n) is 4.21. The number of nitrogens with two attached hydrogens (primary N) is 1. The monoisotopic (exact) mass is 272 g/mol. The third-order valence-corrected chi connectivity index (χ3v) is 3.72. The molecule has 0 aliphatic heterocycles. The highest BCUT2D eigenvalue weighted by atomic mass is 32.1. The van der Waals surface area contributed by atoms with Crippen LogP contribution in [0.25, 0.3) is 10.2 Å². The van der Waals surface area contributed by atoms with Crippen LogP contribution in [0.4, 0.5) is 10.8 Å². The lowest BCUT2D eigenvalue weighted by Gasteiger charge is -2.01. The van der Waals surface area contributed by atoms with Gasteiger partial charge in [0.15, 0.2) is 5.13 Å². The van der Waals surface area contributed by atoms with E-state index in [0.717, 1.165) is 10.2 Å². The number of fused-ring (bicyclic) bond motifs is 1. The third kappa shape index (κ3) is 2.17. The summed E-state index contributed by atoms with van der Waals surface area (Å²) in [6, 6.07) is 9.41. The average molecular weight is 272 g/mol. The molecule has 3 rings (SSSR count). The largest absolute Gasteiger partial charge is 0.397 e. The Balaban J connectivity index is 1.88. The first-order chi connectivity index (χ1) is 9.13. The zero-order chi connectivity index (χ0) is 13.4. The van der Waals surface area contributed by atoms with Gasteiger partial charge in [-0.05, 0) is 18.2 Å². The second-order valence-corrected chi connectivity index (χ2v) is 5.24. The number of thiazole rings is 1. The van der Waals surface area contributed by atoms with Gasteiger partial charge < -0.3 is 10.3 Å². The summed E-state index contributed by atoms with van der Waals surface area (Å²) in [4.78, 5) is 16.5. The maximum atomic E-state index is 12.1. The lowest BCUT2D eigenvalue weighted by molar-refractivity contribution is 0.101. The molecule has 0 radical (unpaired) electrons. The average Bonchev–Trinajstić information content (AvgIpc) is 2.91. The fourth-order valence-electron chi connectivity index (χ4n) is 1.90. The molecule has 0 spiro atoms. The minimum absolute atomic E-state index is 0.210. The standard InChI is InChI=1S/C13H12N4OS/c1-17-7-8(14)6-10(17)12(18)16-13-15-9-4-2-3-5-11(9)19-13/h2-7H,14H2,1H3,(H,15,16,18). The van der Waals surface area contributed by atoms with E-state index in [1.54, 1.807) is 23.9 Å². The number of aromatic nitrogens is 2. The van der Waals surface area contributed by atoms with E-state index in [1.807, 2.05) is 24.3 Å². The van der Waals surface area contributed by atoms with Gasteiger partial charge in [-0.25, -0.2) is 4.98 Å². The van der Waals surface area contributed by atoms with E-state index in [1.165, 1.54) is 11.3 Å². The molecular formula is C13H12N4OS. The topological polar surface area (TPSA) is 72.9 Å². The lowest BCUT2D eigenvalue weighted by Crippen LogP contribution is -2.15. The number of hydrogen-bond donors (Lipinski definition) is 2. The van der Waals surface area contributed by atoms with Gasteiger partial charge >= 0.3 is 0 Å². The number of aryl methyl sites for hydroxylation is 1. The molecule has 2 heterocycles. The Labute approximate surface area is 113 Å². The molecule has 3 aromatic rings. The number of benzene rings is 1. The molecule has 19 heavy (non-hydrogen) atoms. The van der Waals surface area contributed by atoms with Crippen molar-refractivity contribution in [3.63, 3.8) is 0 Å². The first-order valence-corrected chi connectivity index (χ1v) is 6.54. The number of para-hydroxylation sites is 1. The number of carbonyl (C=O) groups is 1. The fraction of sp³-hybridized carbons (Fsp3) is 0.0769. The van der Waals surface area contributed by atoms with Gasteiger partial charge in [0.2, 0.25) is 0 Å². The molecule has 0 saturated heterocycles. The van der Waals surface area contributed by atoms with E-state index in [-0.39, 0.29) is 5.91 Å². The van der Waals surface area contributed by atoms with Crippen molar-refractivity contribution in [3.8, 4) is 0 Å². The van der Waals surface area contributed by atoms with Gasteiger partial charge in [-0.1, -0.05) is 23.5 Å². The molecule has 5 nitrogen and oxygen atoms in total. The van der Waals surface area contributed by atoms with Gasteiger partial charge in [0, 0.05) is 13.2 Å². The van der Waals surface area contributed by atoms with Crippen LogP contribution in [0.1, 0.15) is 10.5 Å². The summed E-state index contributed by atoms with van der Waals surface area (Å²) < 4.78 is 2.74. The summed E-state index contributed by atoms with van der Waals surface area (Å²) >= 11 is 1.45. The van der Waals surface area contributed by atoms with E-state index >= 15 is 0 Å². The molecule has 0 aliphatic rings. The molecule has 0 fully saturated rings. The number of nitrogen functional groups attached to an aromatic ring is 1. The zero-order valence-corrected chi connectivity index (χ0v) is 11.1. The van der Waals surface area contributed by atoms with Crippen LogP contribution in [0.3, 0.4) is 0 Å². The second kappa shape index (κ2) is 4.40. The molecule has 1 amide bonds. The number of carbonyl (C=O) groups excluding carboxylic acids is 1. The van der Waals surface area contributed by atoms with Crippen LogP contribution in [-0.4, -0.2) is 15.5 Å². The van der Waals surface area contributed by atoms with Crippen molar-refractivity contribution in [2.45, 2.75) is 0 Å². The third-order valence-electron chi connectivity index (χ3n) is 2.77. The van der Waals surface area contributed by atoms with E-state index in [9.17, 15) is 4.79 Å². The van der Waals surface area contributed by atoms with Gasteiger partial charge in [-0.3, -0.25) is 10.1 Å². The molecule has 0 saturated carbocycles. The van der Waals surface area contributed by atoms with E-state index in [4.69, 9.17) is 5.73 Å². The molecule has 0 atom stereocenters. The predicted octanol–water partition coefficient (Wildman–Crippen LogP) is 2.47. The van der Waals surface area contributed by atoms with Crippen molar-refractivity contribution in [1.82, 2.24) is 9.55 Å². The van der Waals surface area contributed by atoms with Gasteiger partial charge in [0.25, 0.3) is 5.91 Å². The summed E-state index contributed by atoms with van der Waals surface area (Å²) in [6.07, 6.45) is 1.70. The Morgan fingerprint density at radius 2 is 2.21 bits per heavy atom. The molecule has 2 aromatic heterocycles. The number of rotatable bonds is 2. The van der Waals surface area contributed by atoms with E-state index < -0.39 is 0 Å². The van der Waals surface area contributed by atoms with Crippen LogP contribution in [0.2, 0.25) is 0 Å². The number of anilines is 2. The Kier molecular flexibility index (Phi) is 2.72. The normalized spacial score (nSPS) is 10.8. The highest BCUT2D eigenvalue weighted by molar-refractivity contribution is 7.22. The van der Waals surface area contributed by atoms with Crippen molar-refractivity contribution in [2.24, 2.45) is 7.05 Å². The predicted molar refractivity (Wildman–Crippen MR) is 77.4 cm³/mol. The fourth-order valence-corrected chi connectivity index (χ4v) is 2.76. The highest BCUT2D eigenvalue weighted by Gasteiger charge is 2.13. The number of nitrogens with one attached hydrogen (secondary N) is 1. The van der Waals surface area contributed by atoms with Gasteiger partial charge in [-0.15, -0.1) is 0 Å². The van der Waals surface area contributed by atoms with Crippen LogP contribution in [0.5, 0.6) is 0 Å². The molecule has 0 aliphatic carbocycles. The summed E-state index contributed by atoms with van der Waals surface area (Å²) in [5.41, 5.74) is 7.62. The van der Waals surface area contributed by atoms with Gasteiger partial charge in [0.1, 0.15) is 5.69 Å². The molecular weight excluding hydrogens is 260 g/mol. The summed E-state index contributed by atoms with van der Waals surface area (Å²) in [6.45, 7) is 0. The zero-order valence-electron chi connectivity index (χ0n) is 10.3. The van der Waals surface area contributed by atoms with Crippen LogP contribution in [0, 0.1) is 0 Å². The number of amides is 1. The smallest absolute Gasteiger partial charge is 0.274 e. The molecule has 0 bridgehead atoms. The lowest BCUT2D eigenvalue weighted by atomic mass is 10.3. The molecule has 6 heteroatoms. The maximum Gasteiger partial charge on any atom is 0.274 e. The quantitative estimate of drug-likeness (QED) is 0.752. The minimum Gasteiger partial charge on any atom is -0.397 e.